The second-order valence-electron chi connectivity index (χ2n) is 4.71. The summed E-state index contributed by atoms with van der Waals surface area (Å²) in [4.78, 5) is 24.7. The van der Waals surface area contributed by atoms with Crippen LogP contribution in [0.3, 0.4) is 0 Å². The third-order valence-electron chi connectivity index (χ3n) is 2.94. The molecule has 0 aliphatic carbocycles. The minimum absolute atomic E-state index is 0.103. The van der Waals surface area contributed by atoms with Crippen molar-refractivity contribution in [1.29, 1.82) is 0 Å². The number of carbonyl (C=O) groups excluding carboxylic acids is 2. The van der Waals surface area contributed by atoms with Gasteiger partial charge in [0.2, 0.25) is 0 Å². The standard InChI is InChI=1S/C15H17NO4S/c1-9-7-12(11(3)20-9)15(18)19-8-14(17)16-10(2)13-5-4-6-21-13/h4-7,10H,8H2,1-3H3,(H,16,17). The number of rotatable bonds is 5. The van der Waals surface area contributed by atoms with Gasteiger partial charge in [-0.25, -0.2) is 4.79 Å². The third-order valence-corrected chi connectivity index (χ3v) is 4.00. The highest BCUT2D eigenvalue weighted by Crippen LogP contribution is 2.18. The molecule has 0 aliphatic heterocycles. The van der Waals surface area contributed by atoms with Gasteiger partial charge < -0.3 is 14.5 Å². The highest BCUT2D eigenvalue weighted by Gasteiger charge is 2.17. The Bertz CT molecular complexity index is 630. The van der Waals surface area contributed by atoms with Gasteiger partial charge in [-0.1, -0.05) is 6.07 Å². The monoisotopic (exact) mass is 307 g/mol. The summed E-state index contributed by atoms with van der Waals surface area (Å²) in [6, 6.07) is 5.37. The maximum atomic E-state index is 11.8. The Kier molecular flexibility index (Phi) is 4.80. The summed E-state index contributed by atoms with van der Waals surface area (Å²) in [6.07, 6.45) is 0. The summed E-state index contributed by atoms with van der Waals surface area (Å²) >= 11 is 1.56. The summed E-state index contributed by atoms with van der Waals surface area (Å²) in [7, 11) is 0. The molecule has 2 heterocycles. The Morgan fingerprint density at radius 2 is 2.19 bits per heavy atom. The van der Waals surface area contributed by atoms with Crippen molar-refractivity contribution in [3.05, 3.63) is 45.5 Å². The maximum absolute atomic E-state index is 11.8. The topological polar surface area (TPSA) is 68.5 Å². The number of nitrogens with one attached hydrogen (secondary N) is 1. The van der Waals surface area contributed by atoms with Crippen LogP contribution < -0.4 is 5.32 Å². The number of esters is 1. The summed E-state index contributed by atoms with van der Waals surface area (Å²) in [5.41, 5.74) is 0.353. The lowest BCUT2D eigenvalue weighted by Gasteiger charge is -2.12. The molecule has 1 N–H and O–H groups in total. The molecule has 1 amide bonds. The molecule has 2 rings (SSSR count). The molecule has 5 nitrogen and oxygen atoms in total. The molecular formula is C15H17NO4S. The van der Waals surface area contributed by atoms with Crippen molar-refractivity contribution in [2.24, 2.45) is 0 Å². The molecule has 1 atom stereocenters. The van der Waals surface area contributed by atoms with E-state index in [0.29, 0.717) is 17.1 Å². The van der Waals surface area contributed by atoms with Gasteiger partial charge in [0.1, 0.15) is 17.1 Å². The van der Waals surface area contributed by atoms with Gasteiger partial charge in [0.05, 0.1) is 6.04 Å². The quantitative estimate of drug-likeness (QED) is 0.862. The number of furan rings is 1. The smallest absolute Gasteiger partial charge is 0.342 e. The fourth-order valence-corrected chi connectivity index (χ4v) is 2.67. The van der Waals surface area contributed by atoms with Crippen LogP contribution in [0.1, 0.15) is 39.7 Å². The predicted molar refractivity (Wildman–Crippen MR) is 79.3 cm³/mol. The second-order valence-corrected chi connectivity index (χ2v) is 5.69. The van der Waals surface area contributed by atoms with Crippen LogP contribution in [-0.4, -0.2) is 18.5 Å². The summed E-state index contributed by atoms with van der Waals surface area (Å²) in [5, 5.41) is 4.73. The van der Waals surface area contributed by atoms with E-state index in [2.05, 4.69) is 5.32 Å². The van der Waals surface area contributed by atoms with Gasteiger partial charge in [-0.05, 0) is 38.3 Å². The minimum atomic E-state index is -0.553. The number of thiophene rings is 1. The fraction of sp³-hybridized carbons (Fsp3) is 0.333. The van der Waals surface area contributed by atoms with Gasteiger partial charge in [-0.2, -0.15) is 0 Å². The van der Waals surface area contributed by atoms with E-state index in [4.69, 9.17) is 9.15 Å². The van der Waals surface area contributed by atoms with Crippen molar-refractivity contribution in [1.82, 2.24) is 5.32 Å². The highest BCUT2D eigenvalue weighted by molar-refractivity contribution is 7.10. The lowest BCUT2D eigenvalue weighted by Crippen LogP contribution is -2.30. The zero-order valence-electron chi connectivity index (χ0n) is 12.1. The van der Waals surface area contributed by atoms with Crippen LogP contribution in [0.5, 0.6) is 0 Å². The van der Waals surface area contributed by atoms with Crippen molar-refractivity contribution in [3.63, 3.8) is 0 Å². The van der Waals surface area contributed by atoms with Crippen LogP contribution in [-0.2, 0) is 9.53 Å². The van der Waals surface area contributed by atoms with Crippen LogP contribution in [0.25, 0.3) is 0 Å². The molecule has 0 aromatic carbocycles. The first-order valence-electron chi connectivity index (χ1n) is 6.54. The van der Waals surface area contributed by atoms with Gasteiger partial charge in [0.15, 0.2) is 6.61 Å². The van der Waals surface area contributed by atoms with E-state index in [0.717, 1.165) is 4.88 Å². The van der Waals surface area contributed by atoms with Gasteiger partial charge in [-0.3, -0.25) is 4.79 Å². The van der Waals surface area contributed by atoms with Gasteiger partial charge in [-0.15, -0.1) is 11.3 Å². The van der Waals surface area contributed by atoms with Crippen LogP contribution in [0.4, 0.5) is 0 Å². The van der Waals surface area contributed by atoms with Crippen molar-refractivity contribution >= 4 is 23.2 Å². The van der Waals surface area contributed by atoms with Gasteiger partial charge in [0.25, 0.3) is 5.91 Å². The summed E-state index contributed by atoms with van der Waals surface area (Å²) < 4.78 is 10.3. The van der Waals surface area contributed by atoms with Gasteiger partial charge in [0, 0.05) is 4.88 Å². The minimum Gasteiger partial charge on any atom is -0.466 e. The number of ether oxygens (including phenoxy) is 1. The molecule has 0 saturated heterocycles. The van der Waals surface area contributed by atoms with Crippen molar-refractivity contribution in [2.45, 2.75) is 26.8 Å². The normalized spacial score (nSPS) is 12.0. The van der Waals surface area contributed by atoms with E-state index in [9.17, 15) is 9.59 Å². The van der Waals surface area contributed by atoms with Crippen molar-refractivity contribution in [3.8, 4) is 0 Å². The molecule has 0 radical (unpaired) electrons. The van der Waals surface area contributed by atoms with Crippen LogP contribution >= 0.6 is 11.3 Å². The molecule has 2 aromatic heterocycles. The molecule has 1 unspecified atom stereocenters. The number of hydrogen-bond donors (Lipinski definition) is 1. The Hall–Kier alpha value is -2.08. The molecule has 2 aromatic rings. The molecule has 0 spiro atoms. The van der Waals surface area contributed by atoms with E-state index >= 15 is 0 Å². The molecule has 21 heavy (non-hydrogen) atoms. The molecule has 6 heteroatoms. The number of amides is 1. The van der Waals surface area contributed by atoms with Crippen molar-refractivity contribution in [2.75, 3.05) is 6.61 Å². The zero-order valence-corrected chi connectivity index (χ0v) is 13.0. The van der Waals surface area contributed by atoms with Crippen LogP contribution in [0.2, 0.25) is 0 Å². The van der Waals surface area contributed by atoms with E-state index in [1.165, 1.54) is 0 Å². The third kappa shape index (κ3) is 3.95. The zero-order chi connectivity index (χ0) is 15.4. The summed E-state index contributed by atoms with van der Waals surface area (Å²) in [5.74, 6) is 0.241. The van der Waals surface area contributed by atoms with Crippen LogP contribution in [0.15, 0.2) is 28.0 Å². The Morgan fingerprint density at radius 1 is 1.43 bits per heavy atom. The highest BCUT2D eigenvalue weighted by atomic mass is 32.1. The molecular weight excluding hydrogens is 290 g/mol. The molecule has 0 saturated carbocycles. The molecule has 112 valence electrons. The molecule has 0 aliphatic rings. The van der Waals surface area contributed by atoms with Crippen molar-refractivity contribution < 1.29 is 18.7 Å². The SMILES string of the molecule is Cc1cc(C(=O)OCC(=O)NC(C)c2cccs2)c(C)o1. The van der Waals surface area contributed by atoms with E-state index in [1.54, 1.807) is 31.3 Å². The molecule has 0 bridgehead atoms. The first-order chi connectivity index (χ1) is 9.97. The Labute approximate surface area is 126 Å². The average molecular weight is 307 g/mol. The Morgan fingerprint density at radius 3 is 2.76 bits per heavy atom. The van der Waals surface area contributed by atoms with Crippen LogP contribution in [0, 0.1) is 13.8 Å². The second kappa shape index (κ2) is 6.58. The van der Waals surface area contributed by atoms with Gasteiger partial charge >= 0.3 is 5.97 Å². The Balaban J connectivity index is 1.84. The number of aryl methyl sites for hydroxylation is 2. The number of hydrogen-bond acceptors (Lipinski definition) is 5. The average Bonchev–Trinajstić information content (AvgIpc) is 3.05. The fourth-order valence-electron chi connectivity index (χ4n) is 1.93. The van der Waals surface area contributed by atoms with E-state index < -0.39 is 5.97 Å². The first-order valence-corrected chi connectivity index (χ1v) is 7.42. The first kappa shape index (κ1) is 15.3. The number of carbonyl (C=O) groups is 2. The summed E-state index contributed by atoms with van der Waals surface area (Å²) in [6.45, 7) is 5.01. The predicted octanol–water partition coefficient (Wildman–Crippen LogP) is 2.99. The molecule has 0 fully saturated rings. The lowest BCUT2D eigenvalue weighted by molar-refractivity contribution is -0.124. The maximum Gasteiger partial charge on any atom is 0.342 e. The largest absolute Gasteiger partial charge is 0.466 e. The van der Waals surface area contributed by atoms with E-state index in [1.807, 2.05) is 24.4 Å². The lowest BCUT2D eigenvalue weighted by atomic mass is 10.2. The van der Waals surface area contributed by atoms with E-state index in [-0.39, 0.29) is 18.6 Å².